The predicted octanol–water partition coefficient (Wildman–Crippen LogP) is 3.05. The van der Waals surface area contributed by atoms with Crippen LogP contribution in [0, 0.1) is 0 Å². The molecule has 0 amide bonds. The van der Waals surface area contributed by atoms with E-state index in [1.54, 1.807) is 0 Å². The SMILES string of the molecule is CCCCN(C)c1nc(CC)c(CNCC)s1. The molecular formula is C13H25N3S. The van der Waals surface area contributed by atoms with Crippen molar-refractivity contribution in [3.8, 4) is 0 Å². The van der Waals surface area contributed by atoms with Crippen molar-refractivity contribution in [2.45, 2.75) is 46.6 Å². The van der Waals surface area contributed by atoms with Gasteiger partial charge in [0.1, 0.15) is 0 Å². The van der Waals surface area contributed by atoms with Crippen LogP contribution >= 0.6 is 11.3 Å². The normalized spacial score (nSPS) is 10.8. The first kappa shape index (κ1) is 14.5. The minimum Gasteiger partial charge on any atom is -0.351 e. The van der Waals surface area contributed by atoms with Crippen LogP contribution in [0.2, 0.25) is 0 Å². The lowest BCUT2D eigenvalue weighted by Crippen LogP contribution is -2.17. The van der Waals surface area contributed by atoms with Gasteiger partial charge in [-0.25, -0.2) is 4.98 Å². The Hall–Kier alpha value is -0.610. The molecule has 1 aromatic heterocycles. The molecule has 0 aliphatic rings. The number of nitrogens with one attached hydrogen (secondary N) is 1. The summed E-state index contributed by atoms with van der Waals surface area (Å²) >= 11 is 1.83. The van der Waals surface area contributed by atoms with Crippen molar-refractivity contribution < 1.29 is 0 Å². The largest absolute Gasteiger partial charge is 0.351 e. The molecule has 0 atom stereocenters. The van der Waals surface area contributed by atoms with Gasteiger partial charge in [0.15, 0.2) is 5.13 Å². The summed E-state index contributed by atoms with van der Waals surface area (Å²) in [5.41, 5.74) is 1.26. The lowest BCUT2D eigenvalue weighted by molar-refractivity contribution is 0.727. The molecule has 0 aliphatic heterocycles. The van der Waals surface area contributed by atoms with E-state index in [1.807, 2.05) is 11.3 Å². The third-order valence-corrected chi connectivity index (χ3v) is 4.02. The molecule has 0 fully saturated rings. The quantitative estimate of drug-likeness (QED) is 0.774. The van der Waals surface area contributed by atoms with E-state index in [-0.39, 0.29) is 0 Å². The second-order valence-electron chi connectivity index (χ2n) is 4.28. The van der Waals surface area contributed by atoms with Gasteiger partial charge >= 0.3 is 0 Å². The highest BCUT2D eigenvalue weighted by molar-refractivity contribution is 7.15. The van der Waals surface area contributed by atoms with Crippen LogP contribution in [0.25, 0.3) is 0 Å². The van der Waals surface area contributed by atoms with E-state index in [2.05, 4.69) is 38.0 Å². The van der Waals surface area contributed by atoms with E-state index in [0.29, 0.717) is 0 Å². The number of thiazole rings is 1. The van der Waals surface area contributed by atoms with Gasteiger partial charge in [0.05, 0.1) is 5.69 Å². The summed E-state index contributed by atoms with van der Waals surface area (Å²) < 4.78 is 0. The average Bonchev–Trinajstić information content (AvgIpc) is 2.76. The Balaban J connectivity index is 2.69. The number of nitrogens with zero attached hydrogens (tertiary/aromatic N) is 2. The van der Waals surface area contributed by atoms with E-state index in [1.165, 1.54) is 28.5 Å². The number of unbranched alkanes of at least 4 members (excludes halogenated alkanes) is 1. The van der Waals surface area contributed by atoms with Gasteiger partial charge in [0.2, 0.25) is 0 Å². The number of hydrogen-bond donors (Lipinski definition) is 1. The fourth-order valence-electron chi connectivity index (χ4n) is 1.68. The molecule has 3 nitrogen and oxygen atoms in total. The van der Waals surface area contributed by atoms with Crippen molar-refractivity contribution in [1.82, 2.24) is 10.3 Å². The van der Waals surface area contributed by atoms with Crippen LogP contribution < -0.4 is 10.2 Å². The molecule has 17 heavy (non-hydrogen) atoms. The molecule has 98 valence electrons. The second kappa shape index (κ2) is 7.67. The molecule has 0 aliphatic carbocycles. The maximum absolute atomic E-state index is 4.74. The van der Waals surface area contributed by atoms with Gasteiger partial charge in [-0.15, -0.1) is 11.3 Å². The molecule has 0 unspecified atom stereocenters. The van der Waals surface area contributed by atoms with E-state index in [0.717, 1.165) is 26.1 Å². The van der Waals surface area contributed by atoms with Crippen LogP contribution in [0.4, 0.5) is 5.13 Å². The Morgan fingerprint density at radius 1 is 1.29 bits per heavy atom. The summed E-state index contributed by atoms with van der Waals surface area (Å²) in [6, 6.07) is 0. The summed E-state index contributed by atoms with van der Waals surface area (Å²) in [4.78, 5) is 8.42. The third-order valence-electron chi connectivity index (χ3n) is 2.81. The van der Waals surface area contributed by atoms with Crippen LogP contribution in [0.3, 0.4) is 0 Å². The lowest BCUT2D eigenvalue weighted by Gasteiger charge is -2.14. The van der Waals surface area contributed by atoms with Gasteiger partial charge in [0, 0.05) is 25.0 Å². The molecule has 4 heteroatoms. The molecule has 0 saturated heterocycles. The second-order valence-corrected chi connectivity index (χ2v) is 5.34. The van der Waals surface area contributed by atoms with Crippen LogP contribution in [0.15, 0.2) is 0 Å². The minimum absolute atomic E-state index is 0.957. The Kier molecular flexibility index (Phi) is 6.52. The zero-order valence-electron chi connectivity index (χ0n) is 11.5. The highest BCUT2D eigenvalue weighted by atomic mass is 32.1. The maximum Gasteiger partial charge on any atom is 0.185 e. The van der Waals surface area contributed by atoms with Gasteiger partial charge in [-0.3, -0.25) is 0 Å². The standard InChI is InChI=1S/C13H25N3S/c1-5-8-9-16(4)13-15-11(6-2)12(17-13)10-14-7-3/h14H,5-10H2,1-4H3. The summed E-state index contributed by atoms with van der Waals surface area (Å²) in [5, 5.41) is 4.56. The van der Waals surface area contributed by atoms with Crippen molar-refractivity contribution in [1.29, 1.82) is 0 Å². The fourth-order valence-corrected chi connectivity index (χ4v) is 2.78. The van der Waals surface area contributed by atoms with Crippen molar-refractivity contribution >= 4 is 16.5 Å². The Labute approximate surface area is 109 Å². The molecule has 0 aromatic carbocycles. The minimum atomic E-state index is 0.957. The highest BCUT2D eigenvalue weighted by Crippen LogP contribution is 2.26. The molecule has 1 rings (SSSR count). The molecule has 0 saturated carbocycles. The number of hydrogen-bond acceptors (Lipinski definition) is 4. The van der Waals surface area contributed by atoms with Crippen molar-refractivity contribution in [3.63, 3.8) is 0 Å². The number of anilines is 1. The Bertz CT molecular complexity index is 322. The first-order chi connectivity index (χ1) is 8.22. The number of aromatic nitrogens is 1. The Morgan fingerprint density at radius 2 is 2.06 bits per heavy atom. The zero-order valence-corrected chi connectivity index (χ0v) is 12.4. The van der Waals surface area contributed by atoms with Crippen LogP contribution in [-0.4, -0.2) is 25.1 Å². The van der Waals surface area contributed by atoms with Gasteiger partial charge < -0.3 is 10.2 Å². The summed E-state index contributed by atoms with van der Waals surface area (Å²) in [5.74, 6) is 0. The Morgan fingerprint density at radius 3 is 2.65 bits per heavy atom. The van der Waals surface area contributed by atoms with Crippen molar-refractivity contribution in [2.24, 2.45) is 0 Å². The first-order valence-electron chi connectivity index (χ1n) is 6.63. The summed E-state index contributed by atoms with van der Waals surface area (Å²) in [7, 11) is 2.14. The van der Waals surface area contributed by atoms with Crippen LogP contribution in [-0.2, 0) is 13.0 Å². The van der Waals surface area contributed by atoms with Crippen LogP contribution in [0.5, 0.6) is 0 Å². The molecule has 0 spiro atoms. The smallest absolute Gasteiger partial charge is 0.185 e. The highest BCUT2D eigenvalue weighted by Gasteiger charge is 2.11. The maximum atomic E-state index is 4.74. The molecule has 0 bridgehead atoms. The molecule has 1 heterocycles. The van der Waals surface area contributed by atoms with Gasteiger partial charge in [-0.1, -0.05) is 27.2 Å². The topological polar surface area (TPSA) is 28.2 Å². The van der Waals surface area contributed by atoms with Gasteiger partial charge in [-0.2, -0.15) is 0 Å². The van der Waals surface area contributed by atoms with E-state index < -0.39 is 0 Å². The zero-order chi connectivity index (χ0) is 12.7. The van der Waals surface area contributed by atoms with Crippen molar-refractivity contribution in [3.05, 3.63) is 10.6 Å². The molecule has 0 radical (unpaired) electrons. The molecule has 1 aromatic rings. The number of rotatable bonds is 8. The van der Waals surface area contributed by atoms with Gasteiger partial charge in [-0.05, 0) is 19.4 Å². The van der Waals surface area contributed by atoms with E-state index in [9.17, 15) is 0 Å². The fraction of sp³-hybridized carbons (Fsp3) is 0.769. The summed E-state index contributed by atoms with van der Waals surface area (Å²) in [6.45, 7) is 9.62. The molecular weight excluding hydrogens is 230 g/mol. The molecule has 1 N–H and O–H groups in total. The monoisotopic (exact) mass is 255 g/mol. The van der Waals surface area contributed by atoms with Crippen molar-refractivity contribution in [2.75, 3.05) is 25.0 Å². The first-order valence-corrected chi connectivity index (χ1v) is 7.44. The third kappa shape index (κ3) is 4.28. The number of aryl methyl sites for hydroxylation is 1. The van der Waals surface area contributed by atoms with E-state index in [4.69, 9.17) is 4.98 Å². The summed E-state index contributed by atoms with van der Waals surface area (Å²) in [6.07, 6.45) is 3.50. The average molecular weight is 255 g/mol. The van der Waals surface area contributed by atoms with E-state index >= 15 is 0 Å². The van der Waals surface area contributed by atoms with Crippen LogP contribution in [0.1, 0.15) is 44.2 Å². The lowest BCUT2D eigenvalue weighted by atomic mass is 10.3. The predicted molar refractivity (Wildman–Crippen MR) is 77.1 cm³/mol. The van der Waals surface area contributed by atoms with Gasteiger partial charge in [0.25, 0.3) is 0 Å².